The molecular weight excluding hydrogens is 398 g/mol. The van der Waals surface area contributed by atoms with Crippen LogP contribution in [0.3, 0.4) is 0 Å². The Bertz CT molecular complexity index is 1030. The van der Waals surface area contributed by atoms with Gasteiger partial charge in [0, 0.05) is 23.2 Å². The van der Waals surface area contributed by atoms with Crippen LogP contribution in [0.15, 0.2) is 46.2 Å². The molecule has 2 amide bonds. The molecule has 1 aliphatic rings. The number of anilines is 1. The smallest absolute Gasteiger partial charge is 0.229 e. The van der Waals surface area contributed by atoms with Crippen LogP contribution in [0.5, 0.6) is 0 Å². The Hall–Kier alpha value is -2.64. The zero-order valence-electron chi connectivity index (χ0n) is 15.1. The highest BCUT2D eigenvalue weighted by Gasteiger charge is 2.45. The number of amides is 2. The fraction of sp³-hybridized carbons (Fsp3) is 0.250. The first-order valence-corrected chi connectivity index (χ1v) is 10.1. The van der Waals surface area contributed by atoms with E-state index in [1.807, 2.05) is 29.6 Å². The maximum absolute atomic E-state index is 12.5. The summed E-state index contributed by atoms with van der Waals surface area (Å²) in [5.74, 6) is 1.15. The number of nitrogens with zero attached hydrogens (tertiary/aromatic N) is 1. The zero-order chi connectivity index (χ0) is 19.7. The highest BCUT2D eigenvalue weighted by atomic mass is 35.5. The molecule has 0 radical (unpaired) electrons. The first-order chi connectivity index (χ1) is 13.5. The highest BCUT2D eigenvalue weighted by Crippen LogP contribution is 2.50. The molecule has 2 heterocycles. The second-order valence-electron chi connectivity index (χ2n) is 6.67. The van der Waals surface area contributed by atoms with Crippen LogP contribution in [-0.4, -0.2) is 16.8 Å². The first kappa shape index (κ1) is 18.7. The van der Waals surface area contributed by atoms with Crippen molar-refractivity contribution in [2.45, 2.75) is 25.8 Å². The van der Waals surface area contributed by atoms with Gasteiger partial charge < -0.3 is 15.1 Å². The molecule has 0 bridgehead atoms. The van der Waals surface area contributed by atoms with Crippen molar-refractivity contribution >= 4 is 39.9 Å². The van der Waals surface area contributed by atoms with Crippen molar-refractivity contribution in [3.05, 3.63) is 58.1 Å². The van der Waals surface area contributed by atoms with E-state index in [9.17, 15) is 9.59 Å². The summed E-state index contributed by atoms with van der Waals surface area (Å²) >= 11 is 7.57. The molecule has 0 unspecified atom stereocenters. The average molecular weight is 416 g/mol. The van der Waals surface area contributed by atoms with Crippen LogP contribution >= 0.6 is 22.9 Å². The van der Waals surface area contributed by atoms with Gasteiger partial charge in [-0.15, -0.1) is 11.3 Å². The molecule has 3 aromatic rings. The number of hydrogen-bond acceptors (Lipinski definition) is 5. The molecule has 1 saturated carbocycles. The second kappa shape index (κ2) is 7.77. The molecule has 0 spiro atoms. The average Bonchev–Trinajstić information content (AvgIpc) is 3.09. The summed E-state index contributed by atoms with van der Waals surface area (Å²) in [4.78, 5) is 27.9. The number of carbonyl (C=O) groups excluding carboxylic acids is 2. The van der Waals surface area contributed by atoms with Crippen molar-refractivity contribution in [3.8, 4) is 11.5 Å². The third-order valence-electron chi connectivity index (χ3n) is 4.59. The Morgan fingerprint density at radius 2 is 2.11 bits per heavy atom. The number of nitrogens with one attached hydrogen (secondary N) is 2. The number of hydrogen-bond donors (Lipinski definition) is 2. The van der Waals surface area contributed by atoms with E-state index in [4.69, 9.17) is 16.0 Å². The lowest BCUT2D eigenvalue weighted by atomic mass is 10.1. The molecule has 1 aromatic carbocycles. The Morgan fingerprint density at radius 3 is 2.89 bits per heavy atom. The summed E-state index contributed by atoms with van der Waals surface area (Å²) in [6.07, 6.45) is 0.790. The summed E-state index contributed by atoms with van der Waals surface area (Å²) in [7, 11) is 0. The Kier molecular flexibility index (Phi) is 5.19. The first-order valence-electron chi connectivity index (χ1n) is 8.85. The number of carbonyl (C=O) groups is 2. The van der Waals surface area contributed by atoms with E-state index in [0.717, 1.165) is 12.0 Å². The number of aromatic nitrogens is 1. The molecule has 0 saturated heterocycles. The summed E-state index contributed by atoms with van der Waals surface area (Å²) in [6.45, 7) is 1.78. The van der Waals surface area contributed by atoms with Gasteiger partial charge in [-0.2, -0.15) is 0 Å². The van der Waals surface area contributed by atoms with Gasteiger partial charge in [0.15, 0.2) is 10.9 Å². The molecule has 0 aliphatic heterocycles. The van der Waals surface area contributed by atoms with Crippen LogP contribution in [0, 0.1) is 5.92 Å². The molecule has 1 aliphatic carbocycles. The van der Waals surface area contributed by atoms with Crippen molar-refractivity contribution in [1.29, 1.82) is 0 Å². The largest absolute Gasteiger partial charge is 0.458 e. The summed E-state index contributed by atoms with van der Waals surface area (Å²) < 4.78 is 5.69. The predicted octanol–water partition coefficient (Wildman–Crippen LogP) is 4.43. The number of halogens is 1. The van der Waals surface area contributed by atoms with Crippen molar-refractivity contribution in [2.75, 3.05) is 5.32 Å². The fourth-order valence-electron chi connectivity index (χ4n) is 3.07. The van der Waals surface area contributed by atoms with Crippen molar-refractivity contribution in [2.24, 2.45) is 5.92 Å². The molecule has 1 fully saturated rings. The SMILES string of the molecule is CC(=O)NCc1ccc(-c2csc(NC(=O)[C@H]3C[C@@H]3c3ccccc3Cl)n2)o1. The monoisotopic (exact) mass is 415 g/mol. The number of furan rings is 1. The molecule has 2 aromatic heterocycles. The van der Waals surface area contributed by atoms with Gasteiger partial charge in [-0.1, -0.05) is 29.8 Å². The van der Waals surface area contributed by atoms with E-state index in [0.29, 0.717) is 33.9 Å². The molecule has 2 N–H and O–H groups in total. The van der Waals surface area contributed by atoms with E-state index in [2.05, 4.69) is 15.6 Å². The van der Waals surface area contributed by atoms with Gasteiger partial charge in [0.2, 0.25) is 11.8 Å². The van der Waals surface area contributed by atoms with Crippen LogP contribution in [-0.2, 0) is 16.1 Å². The van der Waals surface area contributed by atoms with Crippen LogP contribution < -0.4 is 10.6 Å². The van der Waals surface area contributed by atoms with Gasteiger partial charge in [0.05, 0.1) is 6.54 Å². The lowest BCUT2D eigenvalue weighted by molar-refractivity contribution is -0.119. The van der Waals surface area contributed by atoms with Crippen LogP contribution in [0.1, 0.15) is 30.6 Å². The third-order valence-corrected chi connectivity index (χ3v) is 5.69. The minimum atomic E-state index is -0.119. The molecule has 144 valence electrons. The van der Waals surface area contributed by atoms with Gasteiger partial charge in [0.25, 0.3) is 0 Å². The van der Waals surface area contributed by atoms with Crippen molar-refractivity contribution in [3.63, 3.8) is 0 Å². The minimum Gasteiger partial charge on any atom is -0.458 e. The topological polar surface area (TPSA) is 84.2 Å². The fourth-order valence-corrected chi connectivity index (χ4v) is 4.05. The maximum atomic E-state index is 12.5. The molecular formula is C20H18ClN3O3S. The lowest BCUT2D eigenvalue weighted by Gasteiger charge is -2.03. The van der Waals surface area contributed by atoms with Crippen molar-refractivity contribution < 1.29 is 14.0 Å². The molecule has 8 heteroatoms. The second-order valence-corrected chi connectivity index (χ2v) is 7.94. The maximum Gasteiger partial charge on any atom is 0.229 e. The van der Waals surface area contributed by atoms with Gasteiger partial charge in [-0.25, -0.2) is 4.98 Å². The van der Waals surface area contributed by atoms with E-state index < -0.39 is 0 Å². The Morgan fingerprint density at radius 1 is 1.29 bits per heavy atom. The number of rotatable bonds is 6. The van der Waals surface area contributed by atoms with Crippen molar-refractivity contribution in [1.82, 2.24) is 10.3 Å². The van der Waals surface area contributed by atoms with E-state index in [1.54, 1.807) is 12.1 Å². The molecule has 4 rings (SSSR count). The van der Waals surface area contributed by atoms with E-state index >= 15 is 0 Å². The Balaban J connectivity index is 1.37. The normalized spacial score (nSPS) is 17.9. The van der Waals surface area contributed by atoms with Crippen LogP contribution in [0.25, 0.3) is 11.5 Å². The number of benzene rings is 1. The minimum absolute atomic E-state index is 0.0448. The summed E-state index contributed by atoms with van der Waals surface area (Å²) in [5, 5.41) is 8.63. The molecule has 6 nitrogen and oxygen atoms in total. The Labute approximate surface area is 170 Å². The van der Waals surface area contributed by atoms with Gasteiger partial charge in [-0.3, -0.25) is 9.59 Å². The summed E-state index contributed by atoms with van der Waals surface area (Å²) in [5.41, 5.74) is 1.67. The van der Waals surface area contributed by atoms with E-state index in [-0.39, 0.29) is 23.7 Å². The van der Waals surface area contributed by atoms with Gasteiger partial charge >= 0.3 is 0 Å². The standard InChI is InChI=1S/C20H18ClN3O3S/c1-11(25)22-9-12-6-7-18(27-12)17-10-28-20(23-17)24-19(26)15-8-14(15)13-4-2-3-5-16(13)21/h2-7,10,14-15H,8-9H2,1H3,(H,22,25)(H,23,24,26)/t14-,15+/m1/s1. The number of thiazole rings is 1. The third kappa shape index (κ3) is 4.10. The zero-order valence-corrected chi connectivity index (χ0v) is 16.6. The lowest BCUT2D eigenvalue weighted by Crippen LogP contribution is -2.18. The van der Waals surface area contributed by atoms with E-state index in [1.165, 1.54) is 18.3 Å². The quantitative estimate of drug-likeness (QED) is 0.623. The van der Waals surface area contributed by atoms with Gasteiger partial charge in [-0.05, 0) is 36.1 Å². The highest BCUT2D eigenvalue weighted by molar-refractivity contribution is 7.14. The van der Waals surface area contributed by atoms with Gasteiger partial charge in [0.1, 0.15) is 11.5 Å². The van der Waals surface area contributed by atoms with Crippen LogP contribution in [0.4, 0.5) is 5.13 Å². The van der Waals surface area contributed by atoms with Crippen LogP contribution in [0.2, 0.25) is 5.02 Å². The molecule has 28 heavy (non-hydrogen) atoms. The molecule has 2 atom stereocenters. The predicted molar refractivity (Wildman–Crippen MR) is 108 cm³/mol. The summed E-state index contributed by atoms with van der Waals surface area (Å²) in [6, 6.07) is 11.2.